The van der Waals surface area contributed by atoms with Crippen molar-refractivity contribution in [3.8, 4) is 5.75 Å². The van der Waals surface area contributed by atoms with E-state index in [4.69, 9.17) is 9.72 Å². The third-order valence-corrected chi connectivity index (χ3v) is 4.70. The van der Waals surface area contributed by atoms with Crippen molar-refractivity contribution in [1.29, 1.82) is 0 Å². The van der Waals surface area contributed by atoms with Gasteiger partial charge in [-0.2, -0.15) is 0 Å². The van der Waals surface area contributed by atoms with Crippen LogP contribution in [0, 0.1) is 5.92 Å². The molecule has 0 bridgehead atoms. The summed E-state index contributed by atoms with van der Waals surface area (Å²) in [6.45, 7) is 1.26. The highest BCUT2D eigenvalue weighted by atomic mass is 16.5. The third kappa shape index (κ3) is 4.09. The van der Waals surface area contributed by atoms with Gasteiger partial charge in [0.25, 0.3) is 0 Å². The minimum atomic E-state index is -0.0657. The minimum absolute atomic E-state index is 0.00439. The van der Waals surface area contributed by atoms with Crippen LogP contribution in [0.2, 0.25) is 0 Å². The maximum Gasteiger partial charge on any atom is 0.231 e. The second-order valence-electron chi connectivity index (χ2n) is 6.73. The number of anilines is 2. The number of rotatable bonds is 6. The molecule has 142 valence electrons. The lowest BCUT2D eigenvalue weighted by Gasteiger charge is -2.38. The molecule has 4 rings (SSSR count). The number of aromatic nitrogens is 3. The molecule has 1 aromatic carbocycles. The average Bonchev–Trinajstić information content (AvgIpc) is 2.68. The Hall–Kier alpha value is -3.48. The van der Waals surface area contributed by atoms with Crippen molar-refractivity contribution >= 4 is 17.4 Å². The van der Waals surface area contributed by atoms with Crippen LogP contribution in [-0.4, -0.2) is 41.1 Å². The molecule has 0 aliphatic carbocycles. The van der Waals surface area contributed by atoms with Crippen LogP contribution in [0.4, 0.5) is 11.5 Å². The van der Waals surface area contributed by atoms with Crippen molar-refractivity contribution in [1.82, 2.24) is 15.0 Å². The third-order valence-electron chi connectivity index (χ3n) is 4.70. The van der Waals surface area contributed by atoms with E-state index < -0.39 is 0 Å². The van der Waals surface area contributed by atoms with E-state index in [9.17, 15) is 4.79 Å². The Balaban J connectivity index is 1.36. The van der Waals surface area contributed by atoms with Gasteiger partial charge >= 0.3 is 0 Å². The van der Waals surface area contributed by atoms with Crippen molar-refractivity contribution in [2.45, 2.75) is 6.42 Å². The summed E-state index contributed by atoms with van der Waals surface area (Å²) in [4.78, 5) is 27.4. The number of methoxy groups -OCH3 is 1. The van der Waals surface area contributed by atoms with Gasteiger partial charge in [-0.25, -0.2) is 4.98 Å². The lowest BCUT2D eigenvalue weighted by Crippen LogP contribution is -2.52. The molecule has 0 atom stereocenters. The van der Waals surface area contributed by atoms with Crippen LogP contribution in [0.5, 0.6) is 5.75 Å². The molecular weight excluding hydrogens is 354 g/mol. The van der Waals surface area contributed by atoms with Crippen LogP contribution in [0.1, 0.15) is 11.3 Å². The van der Waals surface area contributed by atoms with Crippen molar-refractivity contribution in [3.05, 3.63) is 72.4 Å². The summed E-state index contributed by atoms with van der Waals surface area (Å²) < 4.78 is 5.27. The number of nitrogens with zero attached hydrogens (tertiary/aromatic N) is 4. The number of hydrogen-bond acceptors (Lipinski definition) is 6. The lowest BCUT2D eigenvalue weighted by atomic mass is 9.99. The zero-order chi connectivity index (χ0) is 19.3. The Morgan fingerprint density at radius 1 is 1.18 bits per heavy atom. The van der Waals surface area contributed by atoms with Crippen LogP contribution in [-0.2, 0) is 11.2 Å². The first-order chi connectivity index (χ1) is 13.7. The Labute approximate surface area is 163 Å². The second kappa shape index (κ2) is 8.04. The average molecular weight is 375 g/mol. The van der Waals surface area contributed by atoms with Crippen LogP contribution in [0.25, 0.3) is 0 Å². The second-order valence-corrected chi connectivity index (χ2v) is 6.73. The number of carbonyl (C=O) groups excluding carboxylic acids is 1. The predicted molar refractivity (Wildman–Crippen MR) is 106 cm³/mol. The molecule has 2 aromatic heterocycles. The normalized spacial score (nSPS) is 13.7. The number of carbonyl (C=O) groups is 1. The lowest BCUT2D eigenvalue weighted by molar-refractivity contribution is -0.120. The van der Waals surface area contributed by atoms with Gasteiger partial charge < -0.3 is 15.0 Å². The van der Waals surface area contributed by atoms with E-state index in [1.165, 1.54) is 0 Å². The number of hydrogen-bond donors (Lipinski definition) is 1. The van der Waals surface area contributed by atoms with Gasteiger partial charge in [-0.15, -0.1) is 0 Å². The molecule has 0 spiro atoms. The molecular formula is C21H21N5O2. The molecule has 1 aliphatic heterocycles. The highest BCUT2D eigenvalue weighted by Crippen LogP contribution is 2.24. The fraction of sp³-hybridized carbons (Fsp3) is 0.238. The van der Waals surface area contributed by atoms with Crippen LogP contribution in [0.15, 0.2) is 61.2 Å². The molecule has 1 amide bonds. The predicted octanol–water partition coefficient (Wildman–Crippen LogP) is 2.55. The summed E-state index contributed by atoms with van der Waals surface area (Å²) in [5.74, 6) is 1.56. The molecule has 1 N–H and O–H groups in total. The molecule has 0 unspecified atom stereocenters. The summed E-state index contributed by atoms with van der Waals surface area (Å²) in [7, 11) is 1.66. The first-order valence-corrected chi connectivity index (χ1v) is 9.11. The maximum absolute atomic E-state index is 12.3. The molecule has 0 radical (unpaired) electrons. The number of nitrogens with one attached hydrogen (secondary N) is 1. The molecule has 3 heterocycles. The van der Waals surface area contributed by atoms with Gasteiger partial charge in [-0.1, -0.05) is 12.1 Å². The molecule has 7 nitrogen and oxygen atoms in total. The molecule has 0 saturated carbocycles. The van der Waals surface area contributed by atoms with Crippen LogP contribution < -0.4 is 15.0 Å². The van der Waals surface area contributed by atoms with Crippen molar-refractivity contribution in [2.75, 3.05) is 30.4 Å². The number of benzene rings is 1. The topological polar surface area (TPSA) is 80.2 Å². The standard InChI is InChI=1S/C21H21N5O2/c1-28-19-6-2-4-15(9-19)8-18-11-23-12-20(24-18)26-13-16(14-26)21(27)25-17-5-3-7-22-10-17/h2-7,9-12,16H,8,13-14H2,1H3,(H,25,27). The van der Waals surface area contributed by atoms with E-state index >= 15 is 0 Å². The fourth-order valence-corrected chi connectivity index (χ4v) is 3.14. The van der Waals surface area contributed by atoms with Gasteiger partial charge in [-0.3, -0.25) is 14.8 Å². The largest absolute Gasteiger partial charge is 0.497 e. The molecule has 1 fully saturated rings. The Morgan fingerprint density at radius 2 is 2.07 bits per heavy atom. The monoisotopic (exact) mass is 375 g/mol. The number of ether oxygens (including phenoxy) is 1. The molecule has 3 aromatic rings. The van der Waals surface area contributed by atoms with E-state index in [0.29, 0.717) is 25.2 Å². The summed E-state index contributed by atoms with van der Waals surface area (Å²) >= 11 is 0. The first-order valence-electron chi connectivity index (χ1n) is 9.11. The Kier molecular flexibility index (Phi) is 5.14. The molecule has 28 heavy (non-hydrogen) atoms. The zero-order valence-electron chi connectivity index (χ0n) is 15.6. The van der Waals surface area contributed by atoms with Gasteiger partial charge in [-0.05, 0) is 29.8 Å². The van der Waals surface area contributed by atoms with Gasteiger partial charge in [0.15, 0.2) is 0 Å². The van der Waals surface area contributed by atoms with Gasteiger partial charge in [0.2, 0.25) is 5.91 Å². The highest BCUT2D eigenvalue weighted by Gasteiger charge is 2.33. The summed E-state index contributed by atoms with van der Waals surface area (Å²) in [6.07, 6.45) is 7.51. The summed E-state index contributed by atoms with van der Waals surface area (Å²) in [6, 6.07) is 11.5. The van der Waals surface area contributed by atoms with E-state index in [1.54, 1.807) is 38.0 Å². The quantitative estimate of drug-likeness (QED) is 0.713. The summed E-state index contributed by atoms with van der Waals surface area (Å²) in [5.41, 5.74) is 2.71. The number of amides is 1. The zero-order valence-corrected chi connectivity index (χ0v) is 15.6. The van der Waals surface area contributed by atoms with Crippen LogP contribution in [0.3, 0.4) is 0 Å². The SMILES string of the molecule is COc1cccc(Cc2cncc(N3CC(C(=O)Nc4cccnc4)C3)n2)c1. The molecule has 1 saturated heterocycles. The smallest absolute Gasteiger partial charge is 0.231 e. The van der Waals surface area contributed by atoms with E-state index in [2.05, 4.69) is 20.2 Å². The van der Waals surface area contributed by atoms with Crippen LogP contribution >= 0.6 is 0 Å². The van der Waals surface area contributed by atoms with E-state index in [0.717, 1.165) is 22.8 Å². The van der Waals surface area contributed by atoms with Gasteiger partial charge in [0, 0.05) is 31.9 Å². The first kappa shape index (κ1) is 17.9. The molecule has 1 aliphatic rings. The van der Waals surface area contributed by atoms with Crippen molar-refractivity contribution in [2.24, 2.45) is 5.92 Å². The van der Waals surface area contributed by atoms with Gasteiger partial charge in [0.05, 0.1) is 36.8 Å². The highest BCUT2D eigenvalue weighted by molar-refractivity contribution is 5.94. The molecule has 7 heteroatoms. The Morgan fingerprint density at radius 3 is 2.86 bits per heavy atom. The van der Waals surface area contributed by atoms with Crippen molar-refractivity contribution < 1.29 is 9.53 Å². The summed E-state index contributed by atoms with van der Waals surface area (Å²) in [5, 5.41) is 2.89. The van der Waals surface area contributed by atoms with Crippen molar-refractivity contribution in [3.63, 3.8) is 0 Å². The fourth-order valence-electron chi connectivity index (χ4n) is 3.14. The minimum Gasteiger partial charge on any atom is -0.497 e. The Bertz CT molecular complexity index is 958. The van der Waals surface area contributed by atoms with Gasteiger partial charge in [0.1, 0.15) is 11.6 Å². The van der Waals surface area contributed by atoms with E-state index in [-0.39, 0.29) is 11.8 Å². The maximum atomic E-state index is 12.3. The number of pyridine rings is 1. The van der Waals surface area contributed by atoms with E-state index in [1.807, 2.05) is 30.3 Å².